The predicted molar refractivity (Wildman–Crippen MR) is 100 cm³/mol. The van der Waals surface area contributed by atoms with Crippen LogP contribution in [0, 0.1) is 0 Å². The molecule has 0 bridgehead atoms. The molecule has 2 N–H and O–H groups in total. The number of carboxylic acids is 1. The van der Waals surface area contributed by atoms with Gasteiger partial charge < -0.3 is 19.6 Å². The van der Waals surface area contributed by atoms with E-state index in [2.05, 4.69) is 10.3 Å². The van der Waals surface area contributed by atoms with Gasteiger partial charge in [-0.15, -0.1) is 0 Å². The summed E-state index contributed by atoms with van der Waals surface area (Å²) in [6.07, 6.45) is 1.78. The van der Waals surface area contributed by atoms with Crippen molar-refractivity contribution in [1.82, 2.24) is 10.3 Å². The highest BCUT2D eigenvalue weighted by molar-refractivity contribution is 5.91. The molecule has 6 nitrogen and oxygen atoms in total. The van der Waals surface area contributed by atoms with E-state index < -0.39 is 5.97 Å². The number of nitrogens with zero attached hydrogens (tertiary/aromatic N) is 1. The molecule has 0 atom stereocenters. The monoisotopic (exact) mass is 364 g/mol. The van der Waals surface area contributed by atoms with Crippen molar-refractivity contribution in [2.75, 3.05) is 13.1 Å². The van der Waals surface area contributed by atoms with Crippen molar-refractivity contribution in [2.24, 2.45) is 0 Å². The molecule has 1 aliphatic heterocycles. The number of rotatable bonds is 5. The van der Waals surface area contributed by atoms with E-state index in [1.54, 1.807) is 24.3 Å². The molecule has 1 fully saturated rings. The first kappa shape index (κ1) is 17.3. The van der Waals surface area contributed by atoms with Crippen molar-refractivity contribution in [1.29, 1.82) is 0 Å². The number of hydrogen-bond acceptors (Lipinski definition) is 5. The van der Waals surface area contributed by atoms with Gasteiger partial charge in [0, 0.05) is 11.5 Å². The molecule has 0 radical (unpaired) electrons. The number of aromatic nitrogens is 1. The minimum Gasteiger partial charge on any atom is -0.475 e. The number of hydrogen-bond donors (Lipinski definition) is 2. The van der Waals surface area contributed by atoms with E-state index in [-0.39, 0.29) is 11.7 Å². The standard InChI is InChI=1S/C21H20N2O4/c24-21(25)19-18(23-20(27-19)15-10-12-22-13-11-15)14-6-8-17(9-7-14)26-16-4-2-1-3-5-16/h1-9,15,22H,10-13H2,(H,24,25). The highest BCUT2D eigenvalue weighted by Gasteiger charge is 2.26. The molecular formula is C21H20N2O4. The van der Waals surface area contributed by atoms with Gasteiger partial charge in [0.15, 0.2) is 5.89 Å². The Kier molecular flexibility index (Phi) is 4.89. The van der Waals surface area contributed by atoms with Gasteiger partial charge in [-0.25, -0.2) is 9.78 Å². The second kappa shape index (κ2) is 7.63. The van der Waals surface area contributed by atoms with Crippen molar-refractivity contribution >= 4 is 5.97 Å². The summed E-state index contributed by atoms with van der Waals surface area (Å²) in [7, 11) is 0. The number of para-hydroxylation sites is 1. The fourth-order valence-electron chi connectivity index (χ4n) is 3.23. The SMILES string of the molecule is O=C(O)c1oc(C2CCNCC2)nc1-c1ccc(Oc2ccccc2)cc1. The Bertz CT molecular complexity index is 913. The van der Waals surface area contributed by atoms with Crippen LogP contribution < -0.4 is 10.1 Å². The molecule has 27 heavy (non-hydrogen) atoms. The molecule has 1 saturated heterocycles. The van der Waals surface area contributed by atoms with E-state index in [9.17, 15) is 9.90 Å². The topological polar surface area (TPSA) is 84.6 Å². The number of benzene rings is 2. The third kappa shape index (κ3) is 3.85. The summed E-state index contributed by atoms with van der Waals surface area (Å²) in [5, 5.41) is 12.8. The Morgan fingerprint density at radius 2 is 1.70 bits per heavy atom. The van der Waals surface area contributed by atoms with E-state index >= 15 is 0 Å². The second-order valence-electron chi connectivity index (χ2n) is 6.50. The maximum atomic E-state index is 11.6. The van der Waals surface area contributed by atoms with Crippen LogP contribution in [0.15, 0.2) is 59.0 Å². The molecule has 0 saturated carbocycles. The summed E-state index contributed by atoms with van der Waals surface area (Å²) < 4.78 is 11.4. The van der Waals surface area contributed by atoms with Crippen molar-refractivity contribution < 1.29 is 19.1 Å². The smallest absolute Gasteiger partial charge is 0.374 e. The first-order valence-corrected chi connectivity index (χ1v) is 8.99. The Hall–Kier alpha value is -3.12. The highest BCUT2D eigenvalue weighted by Crippen LogP contribution is 2.32. The number of piperidine rings is 1. The molecule has 0 unspecified atom stereocenters. The minimum atomic E-state index is -1.11. The molecule has 0 amide bonds. The van der Waals surface area contributed by atoms with Gasteiger partial charge in [-0.2, -0.15) is 0 Å². The zero-order chi connectivity index (χ0) is 18.6. The van der Waals surface area contributed by atoms with E-state index in [4.69, 9.17) is 9.15 Å². The normalized spacial score (nSPS) is 14.8. The van der Waals surface area contributed by atoms with Crippen LogP contribution in [-0.2, 0) is 0 Å². The lowest BCUT2D eigenvalue weighted by Gasteiger charge is -2.19. The summed E-state index contributed by atoms with van der Waals surface area (Å²) in [6.45, 7) is 1.77. The van der Waals surface area contributed by atoms with Gasteiger partial charge in [0.1, 0.15) is 17.2 Å². The first-order chi connectivity index (χ1) is 13.2. The van der Waals surface area contributed by atoms with Gasteiger partial charge >= 0.3 is 5.97 Å². The van der Waals surface area contributed by atoms with Gasteiger partial charge in [-0.05, 0) is 62.3 Å². The van der Waals surface area contributed by atoms with Crippen LogP contribution in [0.1, 0.15) is 35.2 Å². The zero-order valence-electron chi connectivity index (χ0n) is 14.7. The van der Waals surface area contributed by atoms with Gasteiger partial charge in [-0.3, -0.25) is 0 Å². The second-order valence-corrected chi connectivity index (χ2v) is 6.50. The molecule has 4 rings (SSSR count). The lowest BCUT2D eigenvalue weighted by Crippen LogP contribution is -2.26. The number of ether oxygens (including phenoxy) is 1. The van der Waals surface area contributed by atoms with Gasteiger partial charge in [-0.1, -0.05) is 18.2 Å². The van der Waals surface area contributed by atoms with Crippen LogP contribution >= 0.6 is 0 Å². The Balaban J connectivity index is 1.60. The van der Waals surface area contributed by atoms with Crippen LogP contribution in [0.25, 0.3) is 11.3 Å². The molecule has 2 aromatic carbocycles. The van der Waals surface area contributed by atoms with Crippen molar-refractivity contribution in [3.8, 4) is 22.8 Å². The van der Waals surface area contributed by atoms with Crippen molar-refractivity contribution in [3.63, 3.8) is 0 Å². The summed E-state index contributed by atoms with van der Waals surface area (Å²) in [5.41, 5.74) is 1.05. The zero-order valence-corrected chi connectivity index (χ0v) is 14.7. The average Bonchev–Trinajstić information content (AvgIpc) is 3.16. The molecule has 0 spiro atoms. The van der Waals surface area contributed by atoms with E-state index in [1.165, 1.54) is 0 Å². The lowest BCUT2D eigenvalue weighted by molar-refractivity contribution is 0.0660. The Morgan fingerprint density at radius 3 is 2.37 bits per heavy atom. The maximum Gasteiger partial charge on any atom is 0.374 e. The number of aromatic carboxylic acids is 1. The largest absolute Gasteiger partial charge is 0.475 e. The number of carboxylic acid groups (broad SMARTS) is 1. The third-order valence-electron chi connectivity index (χ3n) is 4.63. The Morgan fingerprint density at radius 1 is 1.04 bits per heavy atom. The highest BCUT2D eigenvalue weighted by atomic mass is 16.5. The lowest BCUT2D eigenvalue weighted by atomic mass is 9.98. The van der Waals surface area contributed by atoms with Crippen LogP contribution in [0.2, 0.25) is 0 Å². The summed E-state index contributed by atoms with van der Waals surface area (Å²) in [6, 6.07) is 16.7. The van der Waals surface area contributed by atoms with Gasteiger partial charge in [0.2, 0.25) is 5.76 Å². The van der Waals surface area contributed by atoms with E-state index in [0.29, 0.717) is 22.9 Å². The fraction of sp³-hybridized carbons (Fsp3) is 0.238. The van der Waals surface area contributed by atoms with Crippen LogP contribution in [-0.4, -0.2) is 29.1 Å². The first-order valence-electron chi connectivity index (χ1n) is 8.99. The van der Waals surface area contributed by atoms with Crippen LogP contribution in [0.5, 0.6) is 11.5 Å². The summed E-state index contributed by atoms with van der Waals surface area (Å²) in [4.78, 5) is 16.2. The Labute approximate surface area is 156 Å². The molecule has 0 aliphatic carbocycles. The number of carbonyl (C=O) groups is 1. The molecule has 2 heterocycles. The number of nitrogens with one attached hydrogen (secondary N) is 1. The molecular weight excluding hydrogens is 344 g/mol. The predicted octanol–water partition coefficient (Wildman–Crippen LogP) is 4.30. The van der Waals surface area contributed by atoms with E-state index in [1.807, 2.05) is 30.3 Å². The molecule has 1 aromatic heterocycles. The number of oxazole rings is 1. The van der Waals surface area contributed by atoms with Gasteiger partial charge in [0.25, 0.3) is 0 Å². The minimum absolute atomic E-state index is 0.111. The summed E-state index contributed by atoms with van der Waals surface area (Å²) in [5.74, 6) is 0.852. The third-order valence-corrected chi connectivity index (χ3v) is 4.63. The van der Waals surface area contributed by atoms with Crippen LogP contribution in [0.3, 0.4) is 0 Å². The average molecular weight is 364 g/mol. The fourth-order valence-corrected chi connectivity index (χ4v) is 3.23. The van der Waals surface area contributed by atoms with E-state index in [0.717, 1.165) is 31.7 Å². The van der Waals surface area contributed by atoms with Gasteiger partial charge in [0.05, 0.1) is 0 Å². The quantitative estimate of drug-likeness (QED) is 0.702. The van der Waals surface area contributed by atoms with Crippen molar-refractivity contribution in [2.45, 2.75) is 18.8 Å². The van der Waals surface area contributed by atoms with Crippen LogP contribution in [0.4, 0.5) is 0 Å². The molecule has 138 valence electrons. The summed E-state index contributed by atoms with van der Waals surface area (Å²) >= 11 is 0. The molecule has 6 heteroatoms. The maximum absolute atomic E-state index is 11.6. The molecule has 1 aliphatic rings. The molecule has 3 aromatic rings. The van der Waals surface area contributed by atoms with Crippen molar-refractivity contribution in [3.05, 3.63) is 66.2 Å².